The quantitative estimate of drug-likeness (QED) is 0.732. The number of benzene rings is 2. The molecule has 128 valence electrons. The Balaban J connectivity index is 1.96. The van der Waals surface area contributed by atoms with Gasteiger partial charge in [-0.25, -0.2) is 0 Å². The summed E-state index contributed by atoms with van der Waals surface area (Å²) in [7, 11) is 1.63. The SMILES string of the molecule is COc1cc(CNC(=S)Nc2ccccc2Cl)ccc1OC(C)C. The van der Waals surface area contributed by atoms with E-state index in [2.05, 4.69) is 10.6 Å². The first kappa shape index (κ1) is 18.4. The molecule has 2 aromatic rings. The molecular weight excluding hydrogens is 344 g/mol. The van der Waals surface area contributed by atoms with Gasteiger partial charge < -0.3 is 20.1 Å². The highest BCUT2D eigenvalue weighted by molar-refractivity contribution is 7.80. The molecule has 2 N–H and O–H groups in total. The summed E-state index contributed by atoms with van der Waals surface area (Å²) in [6.07, 6.45) is 0.0928. The summed E-state index contributed by atoms with van der Waals surface area (Å²) in [6.45, 7) is 4.52. The Morgan fingerprint density at radius 3 is 2.58 bits per heavy atom. The van der Waals surface area contributed by atoms with Crippen LogP contribution in [0.4, 0.5) is 5.69 Å². The number of anilines is 1. The number of thiocarbonyl (C=S) groups is 1. The Morgan fingerprint density at radius 2 is 1.92 bits per heavy atom. The number of halogens is 1. The molecule has 0 saturated carbocycles. The van der Waals surface area contributed by atoms with Crippen molar-refractivity contribution < 1.29 is 9.47 Å². The molecule has 2 rings (SSSR count). The van der Waals surface area contributed by atoms with E-state index in [0.29, 0.717) is 22.4 Å². The van der Waals surface area contributed by atoms with Gasteiger partial charge in [-0.2, -0.15) is 0 Å². The molecule has 0 amide bonds. The van der Waals surface area contributed by atoms with Gasteiger partial charge in [0, 0.05) is 6.54 Å². The molecule has 0 aliphatic heterocycles. The molecule has 0 heterocycles. The minimum absolute atomic E-state index is 0.0928. The Hall–Kier alpha value is -1.98. The fourth-order valence-electron chi connectivity index (χ4n) is 2.08. The maximum absolute atomic E-state index is 6.10. The highest BCUT2D eigenvalue weighted by Crippen LogP contribution is 2.29. The van der Waals surface area contributed by atoms with Crippen LogP contribution in [0.3, 0.4) is 0 Å². The number of nitrogens with one attached hydrogen (secondary N) is 2. The lowest BCUT2D eigenvalue weighted by molar-refractivity contribution is 0.230. The van der Waals surface area contributed by atoms with Gasteiger partial charge in [-0.05, 0) is 55.9 Å². The summed E-state index contributed by atoms with van der Waals surface area (Å²) in [6, 6.07) is 13.3. The van der Waals surface area contributed by atoms with E-state index in [0.717, 1.165) is 17.0 Å². The van der Waals surface area contributed by atoms with Crippen LogP contribution >= 0.6 is 23.8 Å². The van der Waals surface area contributed by atoms with E-state index in [9.17, 15) is 0 Å². The number of ether oxygens (including phenoxy) is 2. The van der Waals surface area contributed by atoms with Gasteiger partial charge in [-0.15, -0.1) is 0 Å². The lowest BCUT2D eigenvalue weighted by atomic mass is 10.2. The fraction of sp³-hybridized carbons (Fsp3) is 0.278. The molecule has 2 aromatic carbocycles. The van der Waals surface area contributed by atoms with E-state index in [1.807, 2.05) is 56.3 Å². The zero-order valence-corrected chi connectivity index (χ0v) is 15.5. The van der Waals surface area contributed by atoms with Gasteiger partial charge in [0.25, 0.3) is 0 Å². The van der Waals surface area contributed by atoms with Gasteiger partial charge >= 0.3 is 0 Å². The second-order valence-electron chi connectivity index (χ2n) is 5.44. The largest absolute Gasteiger partial charge is 0.493 e. The Bertz CT molecular complexity index is 707. The summed E-state index contributed by atoms with van der Waals surface area (Å²) in [5.41, 5.74) is 1.81. The topological polar surface area (TPSA) is 42.5 Å². The highest BCUT2D eigenvalue weighted by atomic mass is 35.5. The van der Waals surface area contributed by atoms with E-state index < -0.39 is 0 Å². The molecular formula is C18H21ClN2O2S. The van der Waals surface area contributed by atoms with Crippen LogP contribution in [0.2, 0.25) is 5.02 Å². The van der Waals surface area contributed by atoms with E-state index in [-0.39, 0.29) is 6.10 Å². The summed E-state index contributed by atoms with van der Waals surface area (Å²) in [4.78, 5) is 0. The van der Waals surface area contributed by atoms with Gasteiger partial charge in [0.2, 0.25) is 0 Å². The van der Waals surface area contributed by atoms with Crippen molar-refractivity contribution >= 4 is 34.6 Å². The Labute approximate surface area is 153 Å². The average molecular weight is 365 g/mol. The average Bonchev–Trinajstić information content (AvgIpc) is 2.55. The Morgan fingerprint density at radius 1 is 1.17 bits per heavy atom. The van der Waals surface area contributed by atoms with Gasteiger partial charge in [0.15, 0.2) is 16.6 Å². The van der Waals surface area contributed by atoms with Crippen molar-refractivity contribution in [2.45, 2.75) is 26.5 Å². The van der Waals surface area contributed by atoms with Gasteiger partial charge in [0.05, 0.1) is 23.9 Å². The van der Waals surface area contributed by atoms with Crippen molar-refractivity contribution in [2.24, 2.45) is 0 Å². The van der Waals surface area contributed by atoms with Crippen LogP contribution in [0, 0.1) is 0 Å². The van der Waals surface area contributed by atoms with Crippen LogP contribution in [0.1, 0.15) is 19.4 Å². The molecule has 0 aromatic heterocycles. The molecule has 4 nitrogen and oxygen atoms in total. The third kappa shape index (κ3) is 5.28. The monoisotopic (exact) mass is 364 g/mol. The molecule has 0 aliphatic rings. The van der Waals surface area contributed by atoms with Crippen LogP contribution in [0.15, 0.2) is 42.5 Å². The van der Waals surface area contributed by atoms with Gasteiger partial charge in [-0.1, -0.05) is 29.8 Å². The number of hydrogen-bond acceptors (Lipinski definition) is 3. The molecule has 0 spiro atoms. The van der Waals surface area contributed by atoms with Crippen LogP contribution < -0.4 is 20.1 Å². The van der Waals surface area contributed by atoms with Crippen LogP contribution in [0.25, 0.3) is 0 Å². The standard InChI is InChI=1S/C18H21ClN2O2S/c1-12(2)23-16-9-8-13(10-17(16)22-3)11-20-18(24)21-15-7-5-4-6-14(15)19/h4-10,12H,11H2,1-3H3,(H2,20,21,24). The van der Waals surface area contributed by atoms with E-state index >= 15 is 0 Å². The first-order chi connectivity index (χ1) is 11.5. The summed E-state index contributed by atoms with van der Waals surface area (Å²) >= 11 is 11.4. The van der Waals surface area contributed by atoms with Crippen molar-refractivity contribution in [3.8, 4) is 11.5 Å². The van der Waals surface area contributed by atoms with E-state index in [1.54, 1.807) is 7.11 Å². The number of methoxy groups -OCH3 is 1. The number of rotatable bonds is 6. The number of para-hydroxylation sites is 1. The third-order valence-electron chi connectivity index (χ3n) is 3.17. The minimum atomic E-state index is 0.0928. The molecule has 0 fully saturated rings. The zero-order chi connectivity index (χ0) is 17.5. The molecule has 24 heavy (non-hydrogen) atoms. The first-order valence-corrected chi connectivity index (χ1v) is 8.41. The van der Waals surface area contributed by atoms with Gasteiger partial charge in [0.1, 0.15) is 0 Å². The second kappa shape index (κ2) is 8.76. The summed E-state index contributed by atoms with van der Waals surface area (Å²) in [5.74, 6) is 1.43. The number of hydrogen-bond donors (Lipinski definition) is 2. The van der Waals surface area contributed by atoms with Crippen LogP contribution in [-0.2, 0) is 6.54 Å². The predicted molar refractivity (Wildman–Crippen MR) is 103 cm³/mol. The molecule has 0 bridgehead atoms. The smallest absolute Gasteiger partial charge is 0.171 e. The lowest BCUT2D eigenvalue weighted by Gasteiger charge is -2.15. The predicted octanol–water partition coefficient (Wildman–Crippen LogP) is 4.62. The third-order valence-corrected chi connectivity index (χ3v) is 3.74. The maximum atomic E-state index is 6.10. The molecule has 0 aliphatic carbocycles. The van der Waals surface area contributed by atoms with Crippen LogP contribution in [-0.4, -0.2) is 18.3 Å². The summed E-state index contributed by atoms with van der Waals surface area (Å²) in [5, 5.41) is 7.36. The van der Waals surface area contributed by atoms with Crippen molar-refractivity contribution in [3.05, 3.63) is 53.1 Å². The van der Waals surface area contributed by atoms with Crippen molar-refractivity contribution in [1.29, 1.82) is 0 Å². The van der Waals surface area contributed by atoms with Crippen molar-refractivity contribution in [3.63, 3.8) is 0 Å². The zero-order valence-electron chi connectivity index (χ0n) is 13.9. The molecule has 0 atom stereocenters. The van der Waals surface area contributed by atoms with Gasteiger partial charge in [-0.3, -0.25) is 0 Å². The second-order valence-corrected chi connectivity index (χ2v) is 6.25. The fourth-order valence-corrected chi connectivity index (χ4v) is 2.45. The van der Waals surface area contributed by atoms with Crippen LogP contribution in [0.5, 0.6) is 11.5 Å². The Kier molecular flexibility index (Phi) is 6.70. The maximum Gasteiger partial charge on any atom is 0.171 e. The normalized spacial score (nSPS) is 10.4. The lowest BCUT2D eigenvalue weighted by Crippen LogP contribution is -2.28. The van der Waals surface area contributed by atoms with Crippen molar-refractivity contribution in [2.75, 3.05) is 12.4 Å². The molecule has 0 radical (unpaired) electrons. The molecule has 0 unspecified atom stereocenters. The highest BCUT2D eigenvalue weighted by Gasteiger charge is 2.08. The molecule has 0 saturated heterocycles. The van der Waals surface area contributed by atoms with Crippen molar-refractivity contribution in [1.82, 2.24) is 5.32 Å². The molecule has 6 heteroatoms. The minimum Gasteiger partial charge on any atom is -0.493 e. The summed E-state index contributed by atoms with van der Waals surface area (Å²) < 4.78 is 11.1. The first-order valence-electron chi connectivity index (χ1n) is 7.62. The van der Waals surface area contributed by atoms with E-state index in [4.69, 9.17) is 33.3 Å². The van der Waals surface area contributed by atoms with E-state index in [1.165, 1.54) is 0 Å².